The summed E-state index contributed by atoms with van der Waals surface area (Å²) in [5.74, 6) is 0.439. The standard InChI is InChI=1S/C16H15N5O2.C16H13N5O.C10H11N3.C6H6N2O3.CH2Cl2/c1-17-12-5-6-13(14(8-12)19-11-3-4-11)20-16(22)10-7-15(23-2)21-18-9-10;1-17-11-3-6-13-14(8-11)21(12-4-5-12)16(19-13)10-7-15(22-2)20-18-9-10;1-12-8-4-5-9(11)10(6-8)13-7-2-3-7;1-11-5-2-4(6(9)10)3-7-8-5;2-1-3/h5-9,11,19H,3-4H2,2H3,(H,20,22);3,6-9,12H,4-5H2,2H3;4-7,13H,2-3,11H2;2-3H,1H3,(H,9,10);1H2. The number of benzene rings is 3. The van der Waals surface area contributed by atoms with E-state index in [1.54, 1.807) is 55.8 Å². The number of hydrogen-bond acceptors (Lipinski definition) is 15. The van der Waals surface area contributed by atoms with Crippen LogP contribution < -0.4 is 35.9 Å². The Kier molecular flexibility index (Phi) is 18.7. The number of methoxy groups -OCH3 is 3. The van der Waals surface area contributed by atoms with Gasteiger partial charge in [0, 0.05) is 53.3 Å². The number of imidazole rings is 1. The highest BCUT2D eigenvalue weighted by Gasteiger charge is 2.29. The summed E-state index contributed by atoms with van der Waals surface area (Å²) in [4.78, 5) is 37.7. The Morgan fingerprint density at radius 2 is 1.18 bits per heavy atom. The van der Waals surface area contributed by atoms with Gasteiger partial charge in [0.25, 0.3) is 5.91 Å². The molecule has 23 heteroatoms. The summed E-state index contributed by atoms with van der Waals surface area (Å²) in [6.07, 6.45) is 11.1. The van der Waals surface area contributed by atoms with Crippen LogP contribution >= 0.6 is 23.2 Å². The molecule has 0 radical (unpaired) electrons. The number of ether oxygens (including phenoxy) is 3. The second-order valence-electron chi connectivity index (χ2n) is 15.7. The number of hydrogen-bond donors (Lipinski definition) is 5. The maximum Gasteiger partial charge on any atom is 0.337 e. The van der Waals surface area contributed by atoms with Crippen molar-refractivity contribution in [1.82, 2.24) is 40.1 Å². The number of carbonyl (C=O) groups excluding carboxylic acids is 1. The lowest BCUT2D eigenvalue weighted by atomic mass is 10.2. The van der Waals surface area contributed by atoms with E-state index in [-0.39, 0.29) is 28.6 Å². The molecule has 6 N–H and O–H groups in total. The first kappa shape index (κ1) is 52.5. The van der Waals surface area contributed by atoms with E-state index in [9.17, 15) is 9.59 Å². The van der Waals surface area contributed by atoms with Crippen molar-refractivity contribution in [2.75, 3.05) is 48.4 Å². The number of amides is 1. The third-order valence-corrected chi connectivity index (χ3v) is 10.4. The fraction of sp³-hybridized carbons (Fsp3) is 0.265. The van der Waals surface area contributed by atoms with Crippen LogP contribution in [0.1, 0.15) is 65.3 Å². The van der Waals surface area contributed by atoms with E-state index in [1.165, 1.54) is 45.4 Å². The van der Waals surface area contributed by atoms with Gasteiger partial charge in [-0.05, 0) is 74.9 Å². The van der Waals surface area contributed by atoms with Gasteiger partial charge in [-0.25, -0.2) is 24.3 Å². The zero-order valence-corrected chi connectivity index (χ0v) is 40.6. The molecule has 3 aliphatic rings. The molecule has 4 aromatic heterocycles. The summed E-state index contributed by atoms with van der Waals surface area (Å²) in [5, 5.41) is 40.4. The van der Waals surface area contributed by atoms with Gasteiger partial charge in [-0.3, -0.25) is 4.79 Å². The van der Waals surface area contributed by atoms with Gasteiger partial charge in [-0.15, -0.1) is 38.5 Å². The quantitative estimate of drug-likeness (QED) is 0.0433. The zero-order chi connectivity index (χ0) is 51.6. The van der Waals surface area contributed by atoms with Crippen LogP contribution in [0.15, 0.2) is 91.4 Å². The first-order valence-electron chi connectivity index (χ1n) is 21.9. The topological polar surface area (TPSA) is 252 Å². The van der Waals surface area contributed by atoms with E-state index in [2.05, 4.69) is 70.4 Å². The van der Waals surface area contributed by atoms with Crippen molar-refractivity contribution in [3.8, 4) is 29.0 Å². The smallest absolute Gasteiger partial charge is 0.337 e. The lowest BCUT2D eigenvalue weighted by Gasteiger charge is -2.13. The normalized spacial score (nSPS) is 12.8. The van der Waals surface area contributed by atoms with E-state index < -0.39 is 5.97 Å². The summed E-state index contributed by atoms with van der Waals surface area (Å²) in [7, 11) is 4.43. The molecular weight excluding hydrogens is 966 g/mol. The van der Waals surface area contributed by atoms with Crippen LogP contribution in [0.25, 0.3) is 37.0 Å². The third-order valence-electron chi connectivity index (χ3n) is 10.4. The Balaban J connectivity index is 0.000000160. The molecule has 0 bridgehead atoms. The summed E-state index contributed by atoms with van der Waals surface area (Å²) >= 11 is 9.53. The predicted molar refractivity (Wildman–Crippen MR) is 274 cm³/mol. The summed E-state index contributed by atoms with van der Waals surface area (Å²) in [6, 6.07) is 22.1. The largest absolute Gasteiger partial charge is 0.480 e. The van der Waals surface area contributed by atoms with Crippen molar-refractivity contribution in [2.45, 2.75) is 56.7 Å². The number of aromatic nitrogens is 8. The molecule has 21 nitrogen and oxygen atoms in total. The van der Waals surface area contributed by atoms with Crippen LogP contribution in [0.2, 0.25) is 0 Å². The number of fused-ring (bicyclic) bond motifs is 1. The molecule has 3 saturated carbocycles. The number of anilines is 4. The number of alkyl halides is 2. The average molecular weight is 1010 g/mol. The molecule has 0 unspecified atom stereocenters. The van der Waals surface area contributed by atoms with Crippen LogP contribution in [-0.2, 0) is 0 Å². The van der Waals surface area contributed by atoms with Crippen LogP contribution in [0, 0.1) is 19.7 Å². The molecule has 0 saturated heterocycles. The molecule has 368 valence electrons. The number of rotatable bonds is 12. The molecule has 10 rings (SSSR count). The fourth-order valence-electron chi connectivity index (χ4n) is 6.42. The molecule has 1 amide bonds. The number of carboxylic acids is 1. The van der Waals surface area contributed by atoms with Crippen molar-refractivity contribution < 1.29 is 28.9 Å². The summed E-state index contributed by atoms with van der Waals surface area (Å²) in [6.45, 7) is 21.2. The van der Waals surface area contributed by atoms with Crippen LogP contribution in [-0.4, -0.2) is 95.9 Å². The van der Waals surface area contributed by atoms with E-state index in [1.807, 2.05) is 18.2 Å². The van der Waals surface area contributed by atoms with E-state index in [0.717, 1.165) is 71.4 Å². The molecule has 72 heavy (non-hydrogen) atoms. The van der Waals surface area contributed by atoms with Crippen molar-refractivity contribution in [3.05, 3.63) is 137 Å². The summed E-state index contributed by atoms with van der Waals surface area (Å²) in [5.41, 5.74) is 13.7. The first-order chi connectivity index (χ1) is 34.9. The van der Waals surface area contributed by atoms with Crippen molar-refractivity contribution in [3.63, 3.8) is 0 Å². The van der Waals surface area contributed by atoms with Crippen LogP contribution in [0.3, 0.4) is 0 Å². The maximum atomic E-state index is 12.4. The molecule has 0 aliphatic heterocycles. The van der Waals surface area contributed by atoms with Gasteiger partial charge >= 0.3 is 5.97 Å². The van der Waals surface area contributed by atoms with E-state index in [4.69, 9.17) is 68.2 Å². The lowest BCUT2D eigenvalue weighted by Crippen LogP contribution is -2.15. The minimum absolute atomic E-state index is 0.0665. The SMILES string of the molecule is COc1cc(C(=O)O)cnn1.ClCCl.[C-]#[N+]c1ccc(N)c(NC2CC2)c1.[C-]#[N+]c1ccc(NC(=O)c2cnnc(OC)c2)c(NC2CC2)c1.[C-]#[N+]c1ccc2nc(-c3cnnc(OC)c3)n(C3CC3)c2c1. The Morgan fingerprint density at radius 1 is 0.681 bits per heavy atom. The fourth-order valence-corrected chi connectivity index (χ4v) is 6.42. The number of carboxylic acid groups (broad SMARTS) is 1. The van der Waals surface area contributed by atoms with Gasteiger partial charge in [-0.1, -0.05) is 18.2 Å². The maximum absolute atomic E-state index is 12.4. The average Bonchev–Trinajstić information content (AvgIpc) is 4.31. The van der Waals surface area contributed by atoms with E-state index in [0.29, 0.717) is 52.3 Å². The van der Waals surface area contributed by atoms with Crippen LogP contribution in [0.5, 0.6) is 17.6 Å². The Labute approximate surface area is 424 Å². The van der Waals surface area contributed by atoms with Gasteiger partial charge in [0.2, 0.25) is 17.6 Å². The number of aromatic carboxylic acids is 1. The minimum Gasteiger partial charge on any atom is -0.480 e. The number of halogens is 2. The van der Waals surface area contributed by atoms with Gasteiger partial charge in [-0.2, -0.15) is 15.3 Å². The zero-order valence-electron chi connectivity index (χ0n) is 39.1. The second-order valence-corrected chi connectivity index (χ2v) is 16.5. The van der Waals surface area contributed by atoms with Gasteiger partial charge < -0.3 is 45.6 Å². The molecule has 4 heterocycles. The number of nitrogen functional groups attached to an aromatic ring is 1. The third kappa shape index (κ3) is 15.1. The van der Waals surface area contributed by atoms with Crippen molar-refractivity contribution >= 4 is 85.9 Å². The molecule has 0 spiro atoms. The van der Waals surface area contributed by atoms with Gasteiger partial charge in [0.15, 0.2) is 17.1 Å². The van der Waals surface area contributed by atoms with Crippen molar-refractivity contribution in [2.24, 2.45) is 0 Å². The number of nitrogens with two attached hydrogens (primary N) is 1. The molecular formula is C49H47Cl2N15O6. The molecule has 3 aliphatic carbocycles. The number of nitrogens with zero attached hydrogens (tertiary/aromatic N) is 11. The Hall–Kier alpha value is -8.84. The number of carbonyl (C=O) groups is 2. The van der Waals surface area contributed by atoms with Gasteiger partial charge in [0.1, 0.15) is 5.82 Å². The highest BCUT2D eigenvalue weighted by Crippen LogP contribution is 2.42. The monoisotopic (exact) mass is 1010 g/mol. The van der Waals surface area contributed by atoms with Gasteiger partial charge in [0.05, 0.1) is 98.5 Å². The first-order valence-corrected chi connectivity index (χ1v) is 23.0. The highest BCUT2D eigenvalue weighted by molar-refractivity contribution is 6.40. The lowest BCUT2D eigenvalue weighted by molar-refractivity contribution is 0.0695. The minimum atomic E-state index is -1.04. The summed E-state index contributed by atoms with van der Waals surface area (Å²) < 4.78 is 17.0. The number of nitrogens with one attached hydrogen (secondary N) is 3. The van der Waals surface area contributed by atoms with Crippen LogP contribution in [0.4, 0.5) is 39.8 Å². The predicted octanol–water partition coefficient (Wildman–Crippen LogP) is 10.2. The van der Waals surface area contributed by atoms with E-state index >= 15 is 0 Å². The Bertz CT molecular complexity index is 3140. The molecule has 3 fully saturated rings. The molecule has 7 aromatic rings. The van der Waals surface area contributed by atoms with Crippen molar-refractivity contribution in [1.29, 1.82) is 0 Å². The Morgan fingerprint density at radius 3 is 1.74 bits per heavy atom. The molecule has 0 atom stereocenters. The highest BCUT2D eigenvalue weighted by atomic mass is 35.5. The molecule has 3 aromatic carbocycles. The second kappa shape index (κ2) is 25.7.